The number of unbranched alkanes of at least 4 members (excludes halogenated alkanes) is 8. The van der Waals surface area contributed by atoms with Gasteiger partial charge in [0.05, 0.1) is 32.8 Å². The summed E-state index contributed by atoms with van der Waals surface area (Å²) in [5, 5.41) is 35.8. The first-order valence-electron chi connectivity index (χ1n) is 10.4. The van der Waals surface area contributed by atoms with Crippen molar-refractivity contribution in [2.75, 3.05) is 26.4 Å². The standard InChI is InChI=1S/C16H29NO5.C4H10O3/c1-2-3-4-5-6-7-8-9-10-11-14(18)17-13(16(21)22)12-15(19)20;5-1-3-7-4-2-6/h13H,2-12H2,1H3,(H,17,18)(H,19,20)(H,21,22);5-6H,1-4H2/t13-;/m0./s1. The van der Waals surface area contributed by atoms with Gasteiger partial charge in [-0.25, -0.2) is 4.79 Å². The molecule has 1 amide bonds. The van der Waals surface area contributed by atoms with E-state index in [0.29, 0.717) is 19.6 Å². The van der Waals surface area contributed by atoms with E-state index in [9.17, 15) is 14.4 Å². The molecule has 29 heavy (non-hydrogen) atoms. The highest BCUT2D eigenvalue weighted by Crippen LogP contribution is 2.10. The molecule has 9 heteroatoms. The second kappa shape index (κ2) is 22.6. The Hall–Kier alpha value is -1.71. The van der Waals surface area contributed by atoms with Crippen LogP contribution in [0.5, 0.6) is 0 Å². The zero-order valence-corrected chi connectivity index (χ0v) is 17.6. The Morgan fingerprint density at radius 3 is 1.72 bits per heavy atom. The number of carbonyl (C=O) groups excluding carboxylic acids is 1. The molecular weight excluding hydrogens is 382 g/mol. The number of hydrogen-bond donors (Lipinski definition) is 5. The summed E-state index contributed by atoms with van der Waals surface area (Å²) in [5.74, 6) is -2.95. The molecule has 172 valence electrons. The minimum absolute atomic E-state index is 0.0278. The third kappa shape index (κ3) is 24.3. The van der Waals surface area contributed by atoms with E-state index in [1.54, 1.807) is 0 Å². The van der Waals surface area contributed by atoms with Gasteiger partial charge < -0.3 is 30.5 Å². The molecule has 0 unspecified atom stereocenters. The SMILES string of the molecule is CCCCCCCCCCCC(=O)N[C@@H](CC(=O)O)C(=O)O.OCCOCCO. The Balaban J connectivity index is 0. The molecule has 1 atom stereocenters. The first-order chi connectivity index (χ1) is 13.9. The molecular formula is C20H39NO8. The van der Waals surface area contributed by atoms with Gasteiger partial charge in [0.2, 0.25) is 5.91 Å². The molecule has 5 N–H and O–H groups in total. The van der Waals surface area contributed by atoms with Crippen molar-refractivity contribution in [3.63, 3.8) is 0 Å². The third-order valence-electron chi connectivity index (χ3n) is 3.99. The maximum atomic E-state index is 11.6. The lowest BCUT2D eigenvalue weighted by molar-refractivity contribution is -0.147. The number of ether oxygens (including phenoxy) is 1. The van der Waals surface area contributed by atoms with Crippen LogP contribution >= 0.6 is 0 Å². The van der Waals surface area contributed by atoms with Gasteiger partial charge in [0.15, 0.2) is 0 Å². The van der Waals surface area contributed by atoms with Crippen molar-refractivity contribution in [3.8, 4) is 0 Å². The van der Waals surface area contributed by atoms with E-state index < -0.39 is 30.3 Å². The number of aliphatic hydroxyl groups is 2. The number of carbonyl (C=O) groups is 3. The van der Waals surface area contributed by atoms with Gasteiger partial charge in [0.25, 0.3) is 0 Å². The number of carboxylic acids is 2. The number of nitrogens with one attached hydrogen (secondary N) is 1. The molecule has 0 aromatic carbocycles. The molecule has 0 aliphatic heterocycles. The van der Waals surface area contributed by atoms with Gasteiger partial charge in [-0.3, -0.25) is 9.59 Å². The Morgan fingerprint density at radius 2 is 1.31 bits per heavy atom. The quantitative estimate of drug-likeness (QED) is 0.210. The van der Waals surface area contributed by atoms with Crippen molar-refractivity contribution in [1.29, 1.82) is 0 Å². The molecule has 0 radical (unpaired) electrons. The zero-order valence-electron chi connectivity index (χ0n) is 17.6. The normalized spacial score (nSPS) is 11.3. The smallest absolute Gasteiger partial charge is 0.326 e. The Kier molecular flexibility index (Phi) is 23.0. The monoisotopic (exact) mass is 421 g/mol. The summed E-state index contributed by atoms with van der Waals surface area (Å²) in [6.45, 7) is 2.89. The summed E-state index contributed by atoms with van der Waals surface area (Å²) in [5.41, 5.74) is 0. The summed E-state index contributed by atoms with van der Waals surface area (Å²) in [7, 11) is 0. The number of aliphatic hydroxyl groups excluding tert-OH is 2. The van der Waals surface area contributed by atoms with E-state index in [4.69, 9.17) is 20.4 Å². The van der Waals surface area contributed by atoms with Crippen LogP contribution in [0.4, 0.5) is 0 Å². The number of amides is 1. The van der Waals surface area contributed by atoms with Crippen molar-refractivity contribution < 1.29 is 39.5 Å². The van der Waals surface area contributed by atoms with Gasteiger partial charge >= 0.3 is 11.9 Å². The summed E-state index contributed by atoms with van der Waals surface area (Å²) >= 11 is 0. The van der Waals surface area contributed by atoms with Crippen molar-refractivity contribution in [2.45, 2.75) is 83.6 Å². The highest BCUT2D eigenvalue weighted by Gasteiger charge is 2.22. The van der Waals surface area contributed by atoms with Crippen LogP contribution in [0, 0.1) is 0 Å². The van der Waals surface area contributed by atoms with Crippen molar-refractivity contribution in [3.05, 3.63) is 0 Å². The molecule has 0 rings (SSSR count). The number of rotatable bonds is 18. The summed E-state index contributed by atoms with van der Waals surface area (Å²) < 4.78 is 4.63. The van der Waals surface area contributed by atoms with Gasteiger partial charge in [-0.1, -0.05) is 58.3 Å². The highest BCUT2D eigenvalue weighted by atomic mass is 16.5. The maximum Gasteiger partial charge on any atom is 0.326 e. The van der Waals surface area contributed by atoms with Crippen molar-refractivity contribution in [2.24, 2.45) is 0 Å². The van der Waals surface area contributed by atoms with Crippen LogP contribution in [0.25, 0.3) is 0 Å². The van der Waals surface area contributed by atoms with Crippen molar-refractivity contribution in [1.82, 2.24) is 5.32 Å². The van der Waals surface area contributed by atoms with Gasteiger partial charge in [-0.15, -0.1) is 0 Å². The summed E-state index contributed by atoms with van der Waals surface area (Å²) in [4.78, 5) is 32.9. The first-order valence-corrected chi connectivity index (χ1v) is 10.4. The lowest BCUT2D eigenvalue weighted by atomic mass is 10.1. The molecule has 9 nitrogen and oxygen atoms in total. The Bertz CT molecular complexity index is 413. The molecule has 0 aliphatic rings. The largest absolute Gasteiger partial charge is 0.481 e. The molecule has 0 heterocycles. The molecule has 0 saturated carbocycles. The fourth-order valence-corrected chi connectivity index (χ4v) is 2.47. The molecule has 0 saturated heterocycles. The van der Waals surface area contributed by atoms with Crippen LogP contribution in [0.1, 0.15) is 77.6 Å². The molecule has 0 aromatic heterocycles. The van der Waals surface area contributed by atoms with Gasteiger partial charge in [0, 0.05) is 6.42 Å². The fourth-order valence-electron chi connectivity index (χ4n) is 2.47. The van der Waals surface area contributed by atoms with Crippen LogP contribution in [0.2, 0.25) is 0 Å². The lowest BCUT2D eigenvalue weighted by Crippen LogP contribution is -2.42. The van der Waals surface area contributed by atoms with Crippen LogP contribution in [-0.2, 0) is 19.1 Å². The summed E-state index contributed by atoms with van der Waals surface area (Å²) in [6, 6.07) is -1.34. The molecule has 0 aromatic rings. The van der Waals surface area contributed by atoms with Gasteiger partial charge in [-0.2, -0.15) is 0 Å². The van der Waals surface area contributed by atoms with E-state index >= 15 is 0 Å². The summed E-state index contributed by atoms with van der Waals surface area (Å²) in [6.07, 6.45) is 9.87. The van der Waals surface area contributed by atoms with E-state index in [-0.39, 0.29) is 19.6 Å². The zero-order chi connectivity index (χ0) is 22.3. The van der Waals surface area contributed by atoms with E-state index in [1.807, 2.05) is 0 Å². The number of aliphatic carboxylic acids is 2. The fraction of sp³-hybridized carbons (Fsp3) is 0.850. The Labute approximate surface area is 173 Å². The van der Waals surface area contributed by atoms with Crippen LogP contribution in [-0.4, -0.2) is 70.7 Å². The van der Waals surface area contributed by atoms with Crippen molar-refractivity contribution >= 4 is 17.8 Å². The van der Waals surface area contributed by atoms with E-state index in [1.165, 1.54) is 38.5 Å². The Morgan fingerprint density at radius 1 is 0.828 bits per heavy atom. The van der Waals surface area contributed by atoms with E-state index in [2.05, 4.69) is 17.0 Å². The van der Waals surface area contributed by atoms with Crippen LogP contribution in [0.15, 0.2) is 0 Å². The second-order valence-corrected chi connectivity index (χ2v) is 6.69. The predicted molar refractivity (Wildman–Crippen MR) is 109 cm³/mol. The minimum Gasteiger partial charge on any atom is -0.481 e. The van der Waals surface area contributed by atoms with Crippen LogP contribution in [0.3, 0.4) is 0 Å². The number of hydrogen-bond acceptors (Lipinski definition) is 6. The minimum atomic E-state index is -1.34. The average Bonchev–Trinajstić information content (AvgIpc) is 2.66. The number of carboxylic acid groups (broad SMARTS) is 2. The molecule has 0 spiro atoms. The molecule has 0 aliphatic carbocycles. The first kappa shape index (κ1) is 29.5. The highest BCUT2D eigenvalue weighted by molar-refractivity contribution is 5.86. The maximum absolute atomic E-state index is 11.6. The third-order valence-corrected chi connectivity index (χ3v) is 3.99. The molecule has 0 bridgehead atoms. The molecule has 0 fully saturated rings. The van der Waals surface area contributed by atoms with E-state index in [0.717, 1.165) is 12.8 Å². The average molecular weight is 422 g/mol. The second-order valence-electron chi connectivity index (χ2n) is 6.69. The topological polar surface area (TPSA) is 153 Å². The predicted octanol–water partition coefficient (Wildman–Crippen LogP) is 1.94. The van der Waals surface area contributed by atoms with Crippen LogP contribution < -0.4 is 5.32 Å². The van der Waals surface area contributed by atoms with Gasteiger partial charge in [0.1, 0.15) is 6.04 Å². The van der Waals surface area contributed by atoms with Gasteiger partial charge in [-0.05, 0) is 6.42 Å². The lowest BCUT2D eigenvalue weighted by Gasteiger charge is -2.12.